The van der Waals surface area contributed by atoms with Gasteiger partial charge in [-0.25, -0.2) is 4.98 Å². The molecule has 0 amide bonds. The minimum absolute atomic E-state index is 0.0841. The maximum absolute atomic E-state index is 11.7. The summed E-state index contributed by atoms with van der Waals surface area (Å²) >= 11 is 5.72. The lowest BCUT2D eigenvalue weighted by Crippen LogP contribution is -2.45. The first-order valence-electron chi connectivity index (χ1n) is 4.52. The van der Waals surface area contributed by atoms with Crippen LogP contribution in [0.2, 0.25) is 5.15 Å². The van der Waals surface area contributed by atoms with E-state index in [4.69, 9.17) is 21.6 Å². The van der Waals surface area contributed by atoms with Crippen LogP contribution in [0.15, 0.2) is 23.1 Å². The summed E-state index contributed by atoms with van der Waals surface area (Å²) in [5.74, 6) is 0. The molecule has 0 aliphatic heterocycles. The fourth-order valence-electron chi connectivity index (χ4n) is 1.55. The molecule has 2 aromatic rings. The molecular formula is C9H8BClN2O3. The number of rotatable bonds is 1. The Morgan fingerprint density at radius 1 is 1.44 bits per heavy atom. The molecule has 0 radical (unpaired) electrons. The first-order valence-corrected chi connectivity index (χ1v) is 4.90. The van der Waals surface area contributed by atoms with Crippen molar-refractivity contribution in [2.45, 2.75) is 0 Å². The first kappa shape index (κ1) is 11.1. The molecule has 0 aliphatic rings. The van der Waals surface area contributed by atoms with E-state index in [0.717, 1.165) is 0 Å². The van der Waals surface area contributed by atoms with Crippen molar-refractivity contribution in [2.24, 2.45) is 7.05 Å². The molecule has 2 aromatic heterocycles. The van der Waals surface area contributed by atoms with Crippen LogP contribution in [-0.4, -0.2) is 26.7 Å². The molecule has 0 spiro atoms. The lowest BCUT2D eigenvalue weighted by Gasteiger charge is -2.07. The number of nitrogens with zero attached hydrogens (tertiary/aromatic N) is 2. The lowest BCUT2D eigenvalue weighted by atomic mass is 9.81. The van der Waals surface area contributed by atoms with Crippen molar-refractivity contribution in [3.8, 4) is 0 Å². The Kier molecular flexibility index (Phi) is 2.71. The topological polar surface area (TPSA) is 75.4 Å². The monoisotopic (exact) mass is 238 g/mol. The van der Waals surface area contributed by atoms with E-state index in [9.17, 15) is 4.79 Å². The van der Waals surface area contributed by atoms with E-state index >= 15 is 0 Å². The minimum atomic E-state index is -1.79. The number of halogens is 1. The smallest absolute Gasteiger partial charge is 0.423 e. The van der Waals surface area contributed by atoms with Crippen molar-refractivity contribution >= 4 is 35.1 Å². The standard InChI is InChI=1S/C9H8BClN2O3/c1-13-7-3-8(11)12-4-5(7)2-6(9(13)14)10(15)16/h2-4,15-16H,1H3. The van der Waals surface area contributed by atoms with Crippen LogP contribution in [0.25, 0.3) is 10.9 Å². The first-order chi connectivity index (χ1) is 7.50. The second-order valence-electron chi connectivity index (χ2n) is 3.40. The Labute approximate surface area is 96.1 Å². The third kappa shape index (κ3) is 1.71. The van der Waals surface area contributed by atoms with Crippen LogP contribution in [0, 0.1) is 0 Å². The molecule has 0 bridgehead atoms. The Morgan fingerprint density at radius 2 is 2.12 bits per heavy atom. The molecule has 0 aliphatic carbocycles. The van der Waals surface area contributed by atoms with Crippen LogP contribution in [0.4, 0.5) is 0 Å². The molecule has 5 nitrogen and oxygen atoms in total. The van der Waals surface area contributed by atoms with Crippen LogP contribution in [-0.2, 0) is 7.05 Å². The van der Waals surface area contributed by atoms with Gasteiger partial charge in [-0.1, -0.05) is 11.6 Å². The maximum atomic E-state index is 11.7. The summed E-state index contributed by atoms with van der Waals surface area (Å²) in [6, 6.07) is 2.94. The maximum Gasteiger partial charge on any atom is 0.494 e. The van der Waals surface area contributed by atoms with Crippen molar-refractivity contribution in [3.63, 3.8) is 0 Å². The van der Waals surface area contributed by atoms with Gasteiger partial charge in [-0.15, -0.1) is 0 Å². The van der Waals surface area contributed by atoms with Gasteiger partial charge in [0.2, 0.25) is 0 Å². The zero-order chi connectivity index (χ0) is 11.9. The van der Waals surface area contributed by atoms with E-state index in [2.05, 4.69) is 4.98 Å². The van der Waals surface area contributed by atoms with Crippen LogP contribution >= 0.6 is 11.6 Å². The van der Waals surface area contributed by atoms with Crippen molar-refractivity contribution in [3.05, 3.63) is 33.8 Å². The second kappa shape index (κ2) is 3.90. The molecule has 2 N–H and O–H groups in total. The summed E-state index contributed by atoms with van der Waals surface area (Å²) in [5.41, 5.74) is 0.0401. The van der Waals surface area contributed by atoms with E-state index in [1.165, 1.54) is 23.9 Å². The van der Waals surface area contributed by atoms with Gasteiger partial charge >= 0.3 is 7.12 Å². The number of pyridine rings is 2. The molecule has 82 valence electrons. The van der Waals surface area contributed by atoms with Crippen molar-refractivity contribution in [2.75, 3.05) is 0 Å². The predicted octanol–water partition coefficient (Wildman–Crippen LogP) is -0.733. The normalized spacial score (nSPS) is 10.8. The number of aromatic nitrogens is 2. The van der Waals surface area contributed by atoms with E-state index < -0.39 is 12.7 Å². The Bertz CT molecular complexity index is 611. The third-order valence-electron chi connectivity index (χ3n) is 2.38. The van der Waals surface area contributed by atoms with Crippen molar-refractivity contribution in [1.82, 2.24) is 9.55 Å². The molecule has 0 aromatic carbocycles. The molecule has 0 atom stereocenters. The van der Waals surface area contributed by atoms with E-state index in [-0.39, 0.29) is 10.6 Å². The van der Waals surface area contributed by atoms with Gasteiger partial charge in [0, 0.05) is 24.1 Å². The SMILES string of the molecule is Cn1c(=O)c(B(O)O)cc2cnc(Cl)cc21. The second-order valence-corrected chi connectivity index (χ2v) is 3.79. The van der Waals surface area contributed by atoms with E-state index in [0.29, 0.717) is 10.9 Å². The predicted molar refractivity (Wildman–Crippen MR) is 61.8 cm³/mol. The zero-order valence-electron chi connectivity index (χ0n) is 8.38. The average Bonchev–Trinajstić information content (AvgIpc) is 2.23. The number of hydrogen-bond acceptors (Lipinski definition) is 4. The molecule has 0 saturated carbocycles. The van der Waals surface area contributed by atoms with Gasteiger partial charge in [-0.05, 0) is 12.1 Å². The fraction of sp³-hybridized carbons (Fsp3) is 0.111. The third-order valence-corrected chi connectivity index (χ3v) is 2.59. The number of hydrogen-bond donors (Lipinski definition) is 2. The van der Waals surface area contributed by atoms with Crippen molar-refractivity contribution in [1.29, 1.82) is 0 Å². The Balaban J connectivity index is 2.88. The van der Waals surface area contributed by atoms with Crippen LogP contribution in [0.3, 0.4) is 0 Å². The summed E-state index contributed by atoms with van der Waals surface area (Å²) in [6.45, 7) is 0. The van der Waals surface area contributed by atoms with Gasteiger partial charge in [0.1, 0.15) is 5.15 Å². The highest BCUT2D eigenvalue weighted by Crippen LogP contribution is 2.13. The van der Waals surface area contributed by atoms with Crippen LogP contribution < -0.4 is 11.0 Å². The van der Waals surface area contributed by atoms with E-state index in [1.807, 2.05) is 0 Å². The lowest BCUT2D eigenvalue weighted by molar-refractivity contribution is 0.425. The highest BCUT2D eigenvalue weighted by Gasteiger charge is 2.18. The fourth-order valence-corrected chi connectivity index (χ4v) is 1.70. The van der Waals surface area contributed by atoms with Crippen LogP contribution in [0.5, 0.6) is 0 Å². The molecule has 2 heterocycles. The number of fused-ring (bicyclic) bond motifs is 1. The van der Waals surface area contributed by atoms with Gasteiger partial charge in [0.25, 0.3) is 5.56 Å². The van der Waals surface area contributed by atoms with Crippen molar-refractivity contribution < 1.29 is 10.0 Å². The zero-order valence-corrected chi connectivity index (χ0v) is 9.14. The quantitative estimate of drug-likeness (QED) is 0.507. The van der Waals surface area contributed by atoms with Crippen LogP contribution in [0.1, 0.15) is 0 Å². The van der Waals surface area contributed by atoms with Gasteiger partial charge in [0.05, 0.1) is 5.52 Å². The summed E-state index contributed by atoms with van der Waals surface area (Å²) in [6.07, 6.45) is 1.48. The highest BCUT2D eigenvalue weighted by molar-refractivity contribution is 6.58. The summed E-state index contributed by atoms with van der Waals surface area (Å²) in [7, 11) is -0.258. The van der Waals surface area contributed by atoms with Gasteiger partial charge in [0.15, 0.2) is 0 Å². The largest absolute Gasteiger partial charge is 0.494 e. The molecule has 0 unspecified atom stereocenters. The summed E-state index contributed by atoms with van der Waals surface area (Å²) in [4.78, 5) is 15.6. The Morgan fingerprint density at radius 3 is 2.75 bits per heavy atom. The molecular weight excluding hydrogens is 230 g/mol. The van der Waals surface area contributed by atoms with E-state index in [1.54, 1.807) is 6.07 Å². The molecule has 0 saturated heterocycles. The minimum Gasteiger partial charge on any atom is -0.423 e. The summed E-state index contributed by atoms with van der Waals surface area (Å²) in [5, 5.41) is 19.0. The molecule has 2 rings (SSSR count). The summed E-state index contributed by atoms with van der Waals surface area (Å²) < 4.78 is 1.30. The van der Waals surface area contributed by atoms with Gasteiger partial charge in [-0.3, -0.25) is 4.79 Å². The molecule has 0 fully saturated rings. The average molecular weight is 238 g/mol. The van der Waals surface area contributed by atoms with Gasteiger partial charge < -0.3 is 14.6 Å². The molecule has 16 heavy (non-hydrogen) atoms. The number of aryl methyl sites for hydroxylation is 1. The Hall–Kier alpha value is -1.37. The van der Waals surface area contributed by atoms with Gasteiger partial charge in [-0.2, -0.15) is 0 Å². The molecule has 7 heteroatoms. The highest BCUT2D eigenvalue weighted by atomic mass is 35.5.